The summed E-state index contributed by atoms with van der Waals surface area (Å²) in [6.45, 7) is 0. The molecule has 5 heteroatoms. The van der Waals surface area contributed by atoms with Gasteiger partial charge in [0.2, 0.25) is 0 Å². The highest BCUT2D eigenvalue weighted by Crippen LogP contribution is 2.26. The number of carbonyl (C=O) groups is 1. The maximum atomic E-state index is 12.2. The molecule has 1 heterocycles. The van der Waals surface area contributed by atoms with Crippen LogP contribution in [0.25, 0.3) is 0 Å². The van der Waals surface area contributed by atoms with Gasteiger partial charge in [-0.3, -0.25) is 4.79 Å². The van der Waals surface area contributed by atoms with Gasteiger partial charge in [-0.25, -0.2) is 0 Å². The number of carbonyl (C=O) groups excluding carboxylic acids is 1. The van der Waals surface area contributed by atoms with Gasteiger partial charge in [-0.05, 0) is 30.3 Å². The number of aldehydes is 1. The number of rotatable bonds is 4. The summed E-state index contributed by atoms with van der Waals surface area (Å²) in [4.78, 5) is 10.9. The Balaban J connectivity index is 2.10. The number of ether oxygens (including phenoxy) is 1. The fourth-order valence-corrected chi connectivity index (χ4v) is 1.37. The van der Waals surface area contributed by atoms with Crippen LogP contribution in [0.4, 0.5) is 3.89 Å². The Bertz CT molecular complexity index is 478. The van der Waals surface area contributed by atoms with Crippen LogP contribution in [0, 0.1) is 0 Å². The molecule has 0 amide bonds. The van der Waals surface area contributed by atoms with Crippen LogP contribution in [-0.4, -0.2) is 6.29 Å². The molecule has 0 N–H and O–H groups in total. The summed E-state index contributed by atoms with van der Waals surface area (Å²) < 4.78 is 22.5. The smallest absolute Gasteiger partial charge is 0.290 e. The maximum Gasteiger partial charge on any atom is 0.290 e. The average Bonchev–Trinajstić information content (AvgIpc) is 2.78. The largest absolute Gasteiger partial charge is 0.426 e. The molecule has 0 radical (unpaired) electrons. The lowest BCUT2D eigenvalue weighted by atomic mass is 10.3. The van der Waals surface area contributed by atoms with Gasteiger partial charge in [-0.2, -0.15) is 3.89 Å². The molecule has 0 aliphatic rings. The second-order valence-electron chi connectivity index (χ2n) is 2.93. The van der Waals surface area contributed by atoms with Crippen LogP contribution < -0.4 is 4.74 Å². The first-order valence-electron chi connectivity index (χ1n) is 4.43. The molecule has 1 aromatic carbocycles. The molecule has 0 unspecified atom stereocenters. The van der Waals surface area contributed by atoms with Crippen molar-refractivity contribution in [3.05, 3.63) is 42.2 Å². The Hall–Kier alpha value is -1.75. The lowest BCUT2D eigenvalue weighted by molar-refractivity contribution is 0.109. The standard InChI is InChI=1S/C11H7FO3S/c12-16-10-4-1-8(2-5-10)14-11-6-3-9(7-13)15-11/h1-7H. The summed E-state index contributed by atoms with van der Waals surface area (Å²) in [5.41, 5.74) is 0. The quantitative estimate of drug-likeness (QED) is 0.758. The fraction of sp³-hybridized carbons (Fsp3) is 0. The van der Waals surface area contributed by atoms with Gasteiger partial charge in [0.15, 0.2) is 12.0 Å². The normalized spacial score (nSPS) is 10.1. The number of hydrogen-bond acceptors (Lipinski definition) is 4. The van der Waals surface area contributed by atoms with Crippen molar-refractivity contribution in [3.63, 3.8) is 0 Å². The van der Waals surface area contributed by atoms with Crippen LogP contribution in [0.15, 0.2) is 45.7 Å². The van der Waals surface area contributed by atoms with Gasteiger partial charge in [0.1, 0.15) is 5.75 Å². The van der Waals surface area contributed by atoms with E-state index in [4.69, 9.17) is 9.15 Å². The molecule has 16 heavy (non-hydrogen) atoms. The van der Waals surface area contributed by atoms with Crippen molar-refractivity contribution >= 4 is 18.4 Å². The molecule has 2 aromatic rings. The highest BCUT2D eigenvalue weighted by Gasteiger charge is 2.03. The maximum absolute atomic E-state index is 12.2. The third kappa shape index (κ3) is 2.43. The summed E-state index contributed by atoms with van der Waals surface area (Å²) in [6, 6.07) is 9.46. The average molecular weight is 238 g/mol. The van der Waals surface area contributed by atoms with Crippen LogP contribution in [0.2, 0.25) is 0 Å². The lowest BCUT2D eigenvalue weighted by Gasteiger charge is -2.01. The van der Waals surface area contributed by atoms with E-state index in [0.29, 0.717) is 16.9 Å². The highest BCUT2D eigenvalue weighted by molar-refractivity contribution is 7.94. The van der Waals surface area contributed by atoms with Gasteiger partial charge in [-0.15, -0.1) is 0 Å². The minimum absolute atomic E-state index is 0.166. The second kappa shape index (κ2) is 4.85. The number of hydrogen-bond donors (Lipinski definition) is 0. The summed E-state index contributed by atoms with van der Waals surface area (Å²) in [5, 5.41) is 0. The first-order chi connectivity index (χ1) is 7.81. The molecule has 0 aliphatic carbocycles. The van der Waals surface area contributed by atoms with Crippen LogP contribution >= 0.6 is 12.1 Å². The van der Waals surface area contributed by atoms with Gasteiger partial charge < -0.3 is 9.15 Å². The molecule has 0 atom stereocenters. The van der Waals surface area contributed by atoms with E-state index in [2.05, 4.69) is 0 Å². The van der Waals surface area contributed by atoms with Gasteiger partial charge in [0.05, 0.1) is 12.1 Å². The second-order valence-corrected chi connectivity index (χ2v) is 3.55. The molecule has 82 valence electrons. The van der Waals surface area contributed by atoms with Crippen LogP contribution in [0.5, 0.6) is 11.7 Å². The molecule has 3 nitrogen and oxygen atoms in total. The van der Waals surface area contributed by atoms with Crippen molar-refractivity contribution in [2.24, 2.45) is 0 Å². The zero-order valence-corrected chi connectivity index (χ0v) is 8.87. The first kappa shape index (κ1) is 10.8. The van der Waals surface area contributed by atoms with Gasteiger partial charge in [0.25, 0.3) is 5.95 Å². The molecule has 0 aliphatic heterocycles. The Morgan fingerprint density at radius 2 is 1.94 bits per heavy atom. The van der Waals surface area contributed by atoms with Crippen LogP contribution in [-0.2, 0) is 0 Å². The molecular formula is C11H7FO3S. The van der Waals surface area contributed by atoms with Crippen LogP contribution in [0.3, 0.4) is 0 Å². The number of halogens is 1. The predicted molar refractivity (Wildman–Crippen MR) is 57.6 cm³/mol. The number of furan rings is 1. The van der Waals surface area contributed by atoms with E-state index in [0.717, 1.165) is 0 Å². The topological polar surface area (TPSA) is 39.4 Å². The summed E-state index contributed by atoms with van der Waals surface area (Å²) in [7, 11) is 0. The molecule has 0 saturated carbocycles. The van der Waals surface area contributed by atoms with Gasteiger partial charge in [-0.1, -0.05) is 0 Å². The predicted octanol–water partition coefficient (Wildman–Crippen LogP) is 3.86. The zero-order chi connectivity index (χ0) is 11.4. The van der Waals surface area contributed by atoms with Gasteiger partial charge in [0, 0.05) is 11.0 Å². The highest BCUT2D eigenvalue weighted by atomic mass is 32.2. The van der Waals surface area contributed by atoms with E-state index in [-0.39, 0.29) is 23.9 Å². The molecule has 0 saturated heterocycles. The van der Waals surface area contributed by atoms with E-state index in [1.54, 1.807) is 30.3 Å². The van der Waals surface area contributed by atoms with Crippen molar-refractivity contribution in [1.29, 1.82) is 0 Å². The van der Waals surface area contributed by atoms with E-state index >= 15 is 0 Å². The van der Waals surface area contributed by atoms with Crippen molar-refractivity contribution in [1.82, 2.24) is 0 Å². The Morgan fingerprint density at radius 3 is 2.50 bits per heavy atom. The van der Waals surface area contributed by atoms with E-state index in [1.165, 1.54) is 6.07 Å². The van der Waals surface area contributed by atoms with Crippen molar-refractivity contribution < 1.29 is 17.8 Å². The molecular weight excluding hydrogens is 231 g/mol. The molecule has 1 aromatic heterocycles. The van der Waals surface area contributed by atoms with Crippen molar-refractivity contribution in [2.75, 3.05) is 0 Å². The minimum Gasteiger partial charge on any atom is -0.426 e. The Labute approximate surface area is 95.5 Å². The van der Waals surface area contributed by atoms with Gasteiger partial charge >= 0.3 is 0 Å². The van der Waals surface area contributed by atoms with Crippen LogP contribution in [0.1, 0.15) is 10.6 Å². The Kier molecular flexibility index (Phi) is 3.26. The molecule has 0 fully saturated rings. The molecule has 0 bridgehead atoms. The van der Waals surface area contributed by atoms with E-state index in [1.807, 2.05) is 0 Å². The van der Waals surface area contributed by atoms with E-state index < -0.39 is 0 Å². The Morgan fingerprint density at radius 1 is 1.19 bits per heavy atom. The summed E-state index contributed by atoms with van der Waals surface area (Å²) in [6.07, 6.45) is 0.593. The fourth-order valence-electron chi connectivity index (χ4n) is 1.13. The molecule has 2 rings (SSSR count). The zero-order valence-electron chi connectivity index (χ0n) is 8.05. The SMILES string of the molecule is O=Cc1ccc(Oc2ccc(SF)cc2)o1. The first-order valence-corrected chi connectivity index (χ1v) is 5.15. The minimum atomic E-state index is 0.166. The summed E-state index contributed by atoms with van der Waals surface area (Å²) >= 11 is 0.166. The third-order valence-corrected chi connectivity index (χ3v) is 2.30. The monoisotopic (exact) mass is 238 g/mol. The summed E-state index contributed by atoms with van der Waals surface area (Å²) in [5.74, 6) is 0.943. The third-order valence-electron chi connectivity index (χ3n) is 1.85. The lowest BCUT2D eigenvalue weighted by Crippen LogP contribution is -1.81. The van der Waals surface area contributed by atoms with E-state index in [9.17, 15) is 8.68 Å². The van der Waals surface area contributed by atoms with Crippen molar-refractivity contribution in [2.45, 2.75) is 4.90 Å². The van der Waals surface area contributed by atoms with Crippen molar-refractivity contribution in [3.8, 4) is 11.7 Å². The molecule has 0 spiro atoms. The number of benzene rings is 1.